The van der Waals surface area contributed by atoms with Gasteiger partial charge in [0.1, 0.15) is 0 Å². The first-order chi connectivity index (χ1) is 9.65. The molecule has 0 saturated carbocycles. The van der Waals surface area contributed by atoms with E-state index >= 15 is 0 Å². The molecule has 0 N–H and O–H groups in total. The lowest BCUT2D eigenvalue weighted by molar-refractivity contribution is -0.136. The number of ether oxygens (including phenoxy) is 2. The molecule has 0 aromatic heterocycles. The van der Waals surface area contributed by atoms with Crippen molar-refractivity contribution in [2.75, 3.05) is 13.2 Å². The van der Waals surface area contributed by atoms with Crippen LogP contribution in [0.5, 0.6) is 11.5 Å². The molecule has 0 unspecified atom stereocenters. The maximum atomic E-state index is 11.5. The van der Waals surface area contributed by atoms with E-state index < -0.39 is 5.97 Å². The summed E-state index contributed by atoms with van der Waals surface area (Å²) in [5.74, 6) is 0.912. The van der Waals surface area contributed by atoms with E-state index in [0.717, 1.165) is 5.56 Å². The summed E-state index contributed by atoms with van der Waals surface area (Å²) in [5.41, 5.74) is 1.86. The Hall–Kier alpha value is -2.30. The van der Waals surface area contributed by atoms with Gasteiger partial charge in [-0.25, -0.2) is 4.79 Å². The van der Waals surface area contributed by atoms with E-state index in [4.69, 9.17) is 9.47 Å². The summed E-state index contributed by atoms with van der Waals surface area (Å²) in [4.78, 5) is 16.1. The van der Waals surface area contributed by atoms with Gasteiger partial charge in [0.15, 0.2) is 11.5 Å². The average Bonchev–Trinajstić information content (AvgIpc) is 2.74. The van der Waals surface area contributed by atoms with E-state index in [-0.39, 0.29) is 0 Å². The Balaban J connectivity index is 2.33. The van der Waals surface area contributed by atoms with E-state index in [1.165, 1.54) is 0 Å². The summed E-state index contributed by atoms with van der Waals surface area (Å²) in [6.07, 6.45) is 1.73. The van der Waals surface area contributed by atoms with Gasteiger partial charge in [-0.3, -0.25) is 0 Å². The third-order valence-corrected chi connectivity index (χ3v) is 2.75. The van der Waals surface area contributed by atoms with Gasteiger partial charge in [0.05, 0.1) is 24.5 Å². The van der Waals surface area contributed by atoms with Crippen molar-refractivity contribution >= 4 is 17.8 Å². The van der Waals surface area contributed by atoms with Crippen molar-refractivity contribution in [1.29, 1.82) is 0 Å². The van der Waals surface area contributed by atoms with Gasteiger partial charge in [-0.05, 0) is 44.5 Å². The molecule has 1 heterocycles. The zero-order valence-corrected chi connectivity index (χ0v) is 11.8. The first-order valence-corrected chi connectivity index (χ1v) is 6.53. The minimum Gasteiger partial charge on any atom is -0.490 e. The fraction of sp³-hybridized carbons (Fsp3) is 0.333. The summed E-state index contributed by atoms with van der Waals surface area (Å²) >= 11 is 0. The Labute approximate surface area is 117 Å². The minimum absolute atomic E-state index is 0.436. The van der Waals surface area contributed by atoms with E-state index in [1.54, 1.807) is 13.0 Å². The number of nitrogens with zero attached hydrogens (tertiary/aromatic N) is 1. The van der Waals surface area contributed by atoms with Gasteiger partial charge in [0.2, 0.25) is 0 Å². The molecular weight excluding hydrogens is 258 g/mol. The van der Waals surface area contributed by atoms with Gasteiger partial charge in [0, 0.05) is 0 Å². The van der Waals surface area contributed by atoms with Gasteiger partial charge < -0.3 is 14.3 Å². The highest BCUT2D eigenvalue weighted by atomic mass is 16.7. The lowest BCUT2D eigenvalue weighted by atomic mass is 10.1. The van der Waals surface area contributed by atoms with Crippen LogP contribution in [0.15, 0.2) is 28.9 Å². The van der Waals surface area contributed by atoms with Crippen LogP contribution in [0.1, 0.15) is 26.3 Å². The minimum atomic E-state index is -0.436. The Morgan fingerprint density at radius 3 is 2.50 bits per heavy atom. The van der Waals surface area contributed by atoms with Crippen molar-refractivity contribution in [2.24, 2.45) is 5.16 Å². The number of hydrogen-bond acceptors (Lipinski definition) is 5. The highest BCUT2D eigenvalue weighted by molar-refractivity contribution is 6.24. The third kappa shape index (κ3) is 2.99. The van der Waals surface area contributed by atoms with Crippen LogP contribution in [0.4, 0.5) is 0 Å². The van der Waals surface area contributed by atoms with Gasteiger partial charge in [-0.1, -0.05) is 11.2 Å². The van der Waals surface area contributed by atoms with Crippen LogP contribution in [0.3, 0.4) is 0 Å². The van der Waals surface area contributed by atoms with Gasteiger partial charge in [0.25, 0.3) is 0 Å². The van der Waals surface area contributed by atoms with Crippen molar-refractivity contribution in [1.82, 2.24) is 0 Å². The van der Waals surface area contributed by atoms with Crippen LogP contribution >= 0.6 is 0 Å². The molecular formula is C15H17NO4. The first kappa shape index (κ1) is 14.1. The largest absolute Gasteiger partial charge is 0.490 e. The average molecular weight is 275 g/mol. The standard InChI is InChI=1S/C15H17NO4/c1-4-18-13-7-6-11(9-14(13)19-5-2)8-12-10(3)16-20-15(12)17/h6-9H,4-5H2,1-3H3/b12-8+. The van der Waals surface area contributed by atoms with Gasteiger partial charge in [-0.2, -0.15) is 0 Å². The molecule has 0 saturated heterocycles. The predicted octanol–water partition coefficient (Wildman–Crippen LogP) is 2.80. The number of rotatable bonds is 5. The molecule has 0 aliphatic carbocycles. The first-order valence-electron chi connectivity index (χ1n) is 6.53. The van der Waals surface area contributed by atoms with Gasteiger partial charge >= 0.3 is 5.97 Å². The molecule has 5 nitrogen and oxygen atoms in total. The SMILES string of the molecule is CCOc1ccc(/C=C2/C(=O)ON=C2C)cc1OCC. The molecule has 2 rings (SSSR count). The lowest BCUT2D eigenvalue weighted by Crippen LogP contribution is -2.02. The normalized spacial score (nSPS) is 16.1. The van der Waals surface area contributed by atoms with Crippen molar-refractivity contribution < 1.29 is 19.1 Å². The Morgan fingerprint density at radius 2 is 1.90 bits per heavy atom. The second-order valence-corrected chi connectivity index (χ2v) is 4.19. The smallest absolute Gasteiger partial charge is 0.367 e. The molecule has 5 heteroatoms. The molecule has 0 atom stereocenters. The monoisotopic (exact) mass is 275 g/mol. The summed E-state index contributed by atoms with van der Waals surface area (Å²) in [6.45, 7) is 6.67. The molecule has 0 bridgehead atoms. The molecule has 20 heavy (non-hydrogen) atoms. The molecule has 1 aromatic carbocycles. The van der Waals surface area contributed by atoms with Crippen LogP contribution in [-0.4, -0.2) is 24.9 Å². The maximum Gasteiger partial charge on any atom is 0.367 e. The molecule has 0 amide bonds. The topological polar surface area (TPSA) is 57.1 Å². The molecule has 1 aliphatic heterocycles. The maximum absolute atomic E-state index is 11.5. The molecule has 1 aliphatic rings. The van der Waals surface area contributed by atoms with Gasteiger partial charge in [-0.15, -0.1) is 0 Å². The lowest BCUT2D eigenvalue weighted by Gasteiger charge is -2.11. The highest BCUT2D eigenvalue weighted by Gasteiger charge is 2.21. The number of benzene rings is 1. The van der Waals surface area contributed by atoms with Crippen LogP contribution in [0, 0.1) is 0 Å². The van der Waals surface area contributed by atoms with E-state index in [1.807, 2.05) is 32.0 Å². The van der Waals surface area contributed by atoms with Crippen LogP contribution in [0.2, 0.25) is 0 Å². The zero-order valence-electron chi connectivity index (χ0n) is 11.8. The number of hydrogen-bond donors (Lipinski definition) is 0. The van der Waals surface area contributed by atoms with Crippen molar-refractivity contribution in [3.05, 3.63) is 29.3 Å². The zero-order chi connectivity index (χ0) is 14.5. The Morgan fingerprint density at radius 1 is 1.20 bits per heavy atom. The Bertz CT molecular complexity index is 575. The fourth-order valence-corrected chi connectivity index (χ4v) is 1.84. The van der Waals surface area contributed by atoms with E-state index in [9.17, 15) is 4.79 Å². The quantitative estimate of drug-likeness (QED) is 0.612. The predicted molar refractivity (Wildman–Crippen MR) is 76.0 cm³/mol. The van der Waals surface area contributed by atoms with Crippen LogP contribution in [-0.2, 0) is 9.63 Å². The molecule has 0 radical (unpaired) electrons. The van der Waals surface area contributed by atoms with Crippen molar-refractivity contribution in [2.45, 2.75) is 20.8 Å². The molecule has 0 fully saturated rings. The molecule has 0 spiro atoms. The second kappa shape index (κ2) is 6.23. The summed E-state index contributed by atoms with van der Waals surface area (Å²) in [6, 6.07) is 5.52. The van der Waals surface area contributed by atoms with Crippen LogP contribution in [0.25, 0.3) is 6.08 Å². The third-order valence-electron chi connectivity index (χ3n) is 2.75. The summed E-state index contributed by atoms with van der Waals surface area (Å²) in [7, 11) is 0. The van der Waals surface area contributed by atoms with Crippen LogP contribution < -0.4 is 9.47 Å². The second-order valence-electron chi connectivity index (χ2n) is 4.19. The fourth-order valence-electron chi connectivity index (χ4n) is 1.84. The summed E-state index contributed by atoms with van der Waals surface area (Å²) in [5, 5.41) is 3.64. The summed E-state index contributed by atoms with van der Waals surface area (Å²) < 4.78 is 11.0. The van der Waals surface area contributed by atoms with Crippen molar-refractivity contribution in [3.63, 3.8) is 0 Å². The number of oxime groups is 1. The number of carbonyl (C=O) groups excluding carboxylic acids is 1. The Kier molecular flexibility index (Phi) is 4.40. The molecule has 1 aromatic rings. The molecule has 106 valence electrons. The van der Waals surface area contributed by atoms with Crippen molar-refractivity contribution in [3.8, 4) is 11.5 Å². The van der Waals surface area contributed by atoms with E-state index in [2.05, 4.69) is 9.99 Å². The number of carbonyl (C=O) groups is 1. The van der Waals surface area contributed by atoms with E-state index in [0.29, 0.717) is 36.0 Å². The highest BCUT2D eigenvalue weighted by Crippen LogP contribution is 2.29.